The van der Waals surface area contributed by atoms with E-state index in [0.717, 1.165) is 24.3 Å². The van der Waals surface area contributed by atoms with Crippen molar-refractivity contribution in [2.24, 2.45) is 0 Å². The largest absolute Gasteiger partial charge is 0.496 e. The molecule has 5 heteroatoms. The smallest absolute Gasteiger partial charge is 0.164 e. The Morgan fingerprint density at radius 2 is 1.75 bits per heavy atom. The first-order chi connectivity index (χ1) is 9.69. The molecule has 0 aliphatic carbocycles. The summed E-state index contributed by atoms with van der Waals surface area (Å²) in [7, 11) is 4.91. The zero-order valence-corrected chi connectivity index (χ0v) is 12.6. The van der Waals surface area contributed by atoms with Gasteiger partial charge >= 0.3 is 0 Å². The lowest BCUT2D eigenvalue weighted by Gasteiger charge is -2.18. The van der Waals surface area contributed by atoms with Crippen LogP contribution >= 0.6 is 0 Å². The van der Waals surface area contributed by atoms with Crippen molar-refractivity contribution < 1.29 is 18.9 Å². The maximum Gasteiger partial charge on any atom is 0.164 e. The Labute approximate surface area is 120 Å². The summed E-state index contributed by atoms with van der Waals surface area (Å²) in [6.07, 6.45) is 1.29. The number of hydrogen-bond acceptors (Lipinski definition) is 5. The van der Waals surface area contributed by atoms with Gasteiger partial charge in [-0.3, -0.25) is 0 Å². The lowest BCUT2D eigenvalue weighted by atomic mass is 10.1. The first-order valence-electron chi connectivity index (χ1n) is 6.83. The molecule has 112 valence electrons. The zero-order valence-electron chi connectivity index (χ0n) is 12.6. The molecule has 20 heavy (non-hydrogen) atoms. The minimum Gasteiger partial charge on any atom is -0.496 e. The maximum atomic E-state index is 5.55. The fourth-order valence-electron chi connectivity index (χ4n) is 2.47. The molecule has 5 nitrogen and oxygen atoms in total. The van der Waals surface area contributed by atoms with Gasteiger partial charge in [0, 0.05) is 30.8 Å². The number of rotatable bonds is 6. The molecule has 1 aliphatic rings. The minimum absolute atomic E-state index is 0.251. The molecule has 1 fully saturated rings. The number of methoxy groups -OCH3 is 3. The Bertz CT molecular complexity index is 450. The molecule has 0 bridgehead atoms. The van der Waals surface area contributed by atoms with Crippen LogP contribution in [-0.2, 0) is 11.3 Å². The summed E-state index contributed by atoms with van der Waals surface area (Å²) < 4.78 is 21.6. The third kappa shape index (κ3) is 3.16. The summed E-state index contributed by atoms with van der Waals surface area (Å²) in [5, 5.41) is 3.51. The summed E-state index contributed by atoms with van der Waals surface area (Å²) in [5.74, 6) is 2.17. The average Bonchev–Trinajstić information content (AvgIpc) is 2.89. The van der Waals surface area contributed by atoms with Crippen molar-refractivity contribution in [3.63, 3.8) is 0 Å². The Morgan fingerprint density at radius 3 is 2.30 bits per heavy atom. The van der Waals surface area contributed by atoms with Gasteiger partial charge in [-0.2, -0.15) is 0 Å². The van der Waals surface area contributed by atoms with Crippen LogP contribution in [0.4, 0.5) is 0 Å². The van der Waals surface area contributed by atoms with E-state index in [9.17, 15) is 0 Å². The van der Waals surface area contributed by atoms with Crippen LogP contribution in [0.2, 0.25) is 0 Å². The van der Waals surface area contributed by atoms with Crippen molar-refractivity contribution >= 4 is 0 Å². The third-order valence-corrected chi connectivity index (χ3v) is 3.72. The van der Waals surface area contributed by atoms with Crippen LogP contribution in [0.1, 0.15) is 18.9 Å². The topological polar surface area (TPSA) is 49.0 Å². The second-order valence-corrected chi connectivity index (χ2v) is 4.87. The SMILES string of the molecule is COc1cc(OC)c(OC)cc1CNC1CCOC1C. The molecule has 1 heterocycles. The van der Waals surface area contributed by atoms with Crippen LogP contribution in [0.15, 0.2) is 12.1 Å². The predicted molar refractivity (Wildman–Crippen MR) is 76.8 cm³/mol. The van der Waals surface area contributed by atoms with Gasteiger partial charge in [-0.1, -0.05) is 0 Å². The minimum atomic E-state index is 0.251. The van der Waals surface area contributed by atoms with Gasteiger partial charge in [0.1, 0.15) is 5.75 Å². The third-order valence-electron chi connectivity index (χ3n) is 3.72. The van der Waals surface area contributed by atoms with Crippen LogP contribution in [0, 0.1) is 0 Å². The molecule has 1 N–H and O–H groups in total. The van der Waals surface area contributed by atoms with Crippen molar-refractivity contribution in [3.8, 4) is 17.2 Å². The van der Waals surface area contributed by atoms with Crippen molar-refractivity contribution in [2.45, 2.75) is 32.0 Å². The van der Waals surface area contributed by atoms with Crippen molar-refractivity contribution in [1.29, 1.82) is 0 Å². The molecule has 0 radical (unpaired) electrons. The van der Waals surface area contributed by atoms with Crippen LogP contribution in [0.3, 0.4) is 0 Å². The van der Waals surface area contributed by atoms with E-state index in [1.165, 1.54) is 0 Å². The molecule has 2 atom stereocenters. The van der Waals surface area contributed by atoms with Crippen LogP contribution in [-0.4, -0.2) is 40.1 Å². The predicted octanol–water partition coefficient (Wildman–Crippen LogP) is 1.98. The highest BCUT2D eigenvalue weighted by Gasteiger charge is 2.24. The van der Waals surface area contributed by atoms with E-state index in [1.807, 2.05) is 12.1 Å². The number of nitrogens with one attached hydrogen (secondary N) is 1. The highest BCUT2D eigenvalue weighted by Crippen LogP contribution is 2.34. The van der Waals surface area contributed by atoms with Crippen molar-refractivity contribution in [3.05, 3.63) is 17.7 Å². The lowest BCUT2D eigenvalue weighted by Crippen LogP contribution is -2.34. The average molecular weight is 281 g/mol. The molecular weight excluding hydrogens is 258 g/mol. The first-order valence-corrected chi connectivity index (χ1v) is 6.83. The maximum absolute atomic E-state index is 5.55. The van der Waals surface area contributed by atoms with E-state index >= 15 is 0 Å². The second-order valence-electron chi connectivity index (χ2n) is 4.87. The Hall–Kier alpha value is -1.46. The summed E-state index contributed by atoms with van der Waals surface area (Å²) in [6, 6.07) is 4.18. The summed E-state index contributed by atoms with van der Waals surface area (Å²) in [4.78, 5) is 0. The Kier molecular flexibility index (Phi) is 5.09. The van der Waals surface area contributed by atoms with Gasteiger partial charge in [0.05, 0.1) is 27.4 Å². The highest BCUT2D eigenvalue weighted by molar-refractivity contribution is 5.50. The molecule has 0 spiro atoms. The second kappa shape index (κ2) is 6.81. The van der Waals surface area contributed by atoms with E-state index in [0.29, 0.717) is 24.1 Å². The molecule has 2 rings (SSSR count). The van der Waals surface area contributed by atoms with Gasteiger partial charge < -0.3 is 24.3 Å². The molecule has 1 aromatic rings. The molecule has 0 saturated carbocycles. The van der Waals surface area contributed by atoms with Crippen molar-refractivity contribution in [1.82, 2.24) is 5.32 Å². The molecule has 0 aromatic heterocycles. The normalized spacial score (nSPS) is 21.8. The van der Waals surface area contributed by atoms with E-state index in [1.54, 1.807) is 21.3 Å². The van der Waals surface area contributed by atoms with Gasteiger partial charge in [0.2, 0.25) is 0 Å². The summed E-state index contributed by atoms with van der Waals surface area (Å²) in [5.41, 5.74) is 1.05. The lowest BCUT2D eigenvalue weighted by molar-refractivity contribution is 0.113. The quantitative estimate of drug-likeness (QED) is 0.864. The van der Waals surface area contributed by atoms with Crippen LogP contribution in [0.5, 0.6) is 17.2 Å². The fraction of sp³-hybridized carbons (Fsp3) is 0.600. The molecule has 1 aromatic carbocycles. The molecule has 0 amide bonds. The molecule has 1 saturated heterocycles. The van der Waals surface area contributed by atoms with Gasteiger partial charge in [-0.25, -0.2) is 0 Å². The number of hydrogen-bond donors (Lipinski definition) is 1. The van der Waals surface area contributed by atoms with Gasteiger partial charge in [-0.05, 0) is 19.4 Å². The standard InChI is InChI=1S/C15H23NO4/c1-10-12(5-6-20-10)16-9-11-7-14(18-3)15(19-4)8-13(11)17-2/h7-8,10,12,16H,5-6,9H2,1-4H3. The van der Waals surface area contributed by atoms with E-state index < -0.39 is 0 Å². The molecule has 2 unspecified atom stereocenters. The van der Waals surface area contributed by atoms with Crippen molar-refractivity contribution in [2.75, 3.05) is 27.9 Å². The Morgan fingerprint density at radius 1 is 1.10 bits per heavy atom. The van der Waals surface area contributed by atoms with E-state index in [-0.39, 0.29) is 6.10 Å². The fourth-order valence-corrected chi connectivity index (χ4v) is 2.47. The molecule has 1 aliphatic heterocycles. The number of benzene rings is 1. The monoisotopic (exact) mass is 281 g/mol. The zero-order chi connectivity index (χ0) is 14.5. The van der Waals surface area contributed by atoms with Crippen LogP contribution < -0.4 is 19.5 Å². The summed E-state index contributed by atoms with van der Waals surface area (Å²) in [6.45, 7) is 3.63. The van der Waals surface area contributed by atoms with Crippen LogP contribution in [0.25, 0.3) is 0 Å². The molecular formula is C15H23NO4. The van der Waals surface area contributed by atoms with E-state index in [2.05, 4.69) is 12.2 Å². The Balaban J connectivity index is 2.13. The van der Waals surface area contributed by atoms with E-state index in [4.69, 9.17) is 18.9 Å². The van der Waals surface area contributed by atoms with Gasteiger partial charge in [0.15, 0.2) is 11.5 Å². The summed E-state index contributed by atoms with van der Waals surface area (Å²) >= 11 is 0. The number of ether oxygens (including phenoxy) is 4. The highest BCUT2D eigenvalue weighted by atomic mass is 16.5. The first kappa shape index (κ1) is 14.9. The van der Waals surface area contributed by atoms with Gasteiger partial charge in [-0.15, -0.1) is 0 Å². The van der Waals surface area contributed by atoms with Gasteiger partial charge in [0.25, 0.3) is 0 Å².